The summed E-state index contributed by atoms with van der Waals surface area (Å²) in [6.07, 6.45) is 8.76. The molecule has 5 heteroatoms. The quantitative estimate of drug-likeness (QED) is 0.425. The first-order valence-electron chi connectivity index (χ1n) is 15.0. The summed E-state index contributed by atoms with van der Waals surface area (Å²) in [7, 11) is 0. The van der Waals surface area contributed by atoms with Crippen LogP contribution in [0, 0.1) is 57.2 Å². The predicted octanol–water partition coefficient (Wildman–Crippen LogP) is 6.36. The first-order chi connectivity index (χ1) is 16.8. The first-order valence-corrected chi connectivity index (χ1v) is 15.0. The van der Waals surface area contributed by atoms with E-state index in [0.717, 1.165) is 37.0 Å². The molecule has 0 aromatic rings. The molecule has 1 N–H and O–H groups in total. The maximum absolute atomic E-state index is 12.0. The lowest BCUT2D eigenvalue weighted by Crippen LogP contribution is -2.55. The highest BCUT2D eigenvalue weighted by Gasteiger charge is 2.84. The Morgan fingerprint density at radius 2 is 1.61 bits per heavy atom. The topological polar surface area (TPSA) is 65.0 Å². The van der Waals surface area contributed by atoms with E-state index in [-0.39, 0.29) is 29.8 Å². The molecule has 7 rings (SSSR count). The van der Waals surface area contributed by atoms with Crippen molar-refractivity contribution in [1.29, 1.82) is 0 Å². The Bertz CT molecular complexity index is 974. The largest absolute Gasteiger partial charge is 0.509 e. The Kier molecular flexibility index (Phi) is 4.74. The molecule has 2 heterocycles. The molecule has 2 saturated heterocycles. The number of carbonyl (C=O) groups excluding carboxylic acids is 1. The average Bonchev–Trinajstić information content (AvgIpc) is 3.00. The fourth-order valence-electron chi connectivity index (χ4n) is 12.9. The number of hydrogen-bond acceptors (Lipinski definition) is 5. The summed E-state index contributed by atoms with van der Waals surface area (Å²) >= 11 is 0. The summed E-state index contributed by atoms with van der Waals surface area (Å²) in [4.78, 5) is 12.0. The fraction of sp³-hybridized carbons (Fsp3) is 0.968. The number of hydrogen-bond donors (Lipinski definition) is 1. The zero-order valence-corrected chi connectivity index (χ0v) is 23.5. The molecule has 5 aliphatic carbocycles. The zero-order chi connectivity index (χ0) is 25.6. The Hall–Kier alpha value is -0.810. The van der Waals surface area contributed by atoms with Gasteiger partial charge in [0.05, 0.1) is 18.3 Å². The zero-order valence-electron chi connectivity index (χ0n) is 23.5. The van der Waals surface area contributed by atoms with Crippen LogP contribution in [-0.2, 0) is 14.2 Å². The highest BCUT2D eigenvalue weighted by Crippen LogP contribution is 2.89. The fourth-order valence-corrected chi connectivity index (χ4v) is 12.9. The molecule has 5 saturated carbocycles. The smallest absolute Gasteiger partial charge is 0.424 e. The van der Waals surface area contributed by atoms with Gasteiger partial charge < -0.3 is 19.3 Å². The summed E-state index contributed by atoms with van der Waals surface area (Å²) in [5, 5.41) is 11.0. The highest BCUT2D eigenvalue weighted by molar-refractivity contribution is 5.63. The van der Waals surface area contributed by atoms with Crippen molar-refractivity contribution in [3.05, 3.63) is 0 Å². The summed E-state index contributed by atoms with van der Waals surface area (Å²) in [5.41, 5.74) is 0.653. The molecular formula is C31H48O5. The average molecular weight is 501 g/mol. The van der Waals surface area contributed by atoms with E-state index in [1.54, 1.807) is 0 Å². The van der Waals surface area contributed by atoms with Crippen LogP contribution in [0.2, 0.25) is 0 Å². The van der Waals surface area contributed by atoms with Crippen molar-refractivity contribution in [3.63, 3.8) is 0 Å². The van der Waals surface area contributed by atoms with E-state index >= 15 is 0 Å². The molecule has 0 bridgehead atoms. The van der Waals surface area contributed by atoms with Crippen molar-refractivity contribution in [1.82, 2.24) is 0 Å². The Labute approximate surface area is 217 Å². The molecule has 7 fully saturated rings. The van der Waals surface area contributed by atoms with Gasteiger partial charge in [-0.3, -0.25) is 0 Å². The number of rotatable bonds is 1. The van der Waals surface area contributed by atoms with Crippen LogP contribution >= 0.6 is 0 Å². The number of fused-ring (bicyclic) bond motifs is 4. The van der Waals surface area contributed by atoms with E-state index in [4.69, 9.17) is 14.2 Å². The van der Waals surface area contributed by atoms with Crippen LogP contribution in [0.15, 0.2) is 0 Å². The highest BCUT2D eigenvalue weighted by atomic mass is 16.8. The van der Waals surface area contributed by atoms with Gasteiger partial charge in [-0.1, -0.05) is 34.6 Å². The van der Waals surface area contributed by atoms with Crippen molar-refractivity contribution >= 4 is 6.16 Å². The molecule has 0 radical (unpaired) electrons. The lowest BCUT2D eigenvalue weighted by Gasteiger charge is -2.59. The Morgan fingerprint density at radius 3 is 2.31 bits per heavy atom. The summed E-state index contributed by atoms with van der Waals surface area (Å²) in [5.74, 6) is 4.09. The van der Waals surface area contributed by atoms with Crippen molar-refractivity contribution in [2.24, 2.45) is 57.2 Å². The summed E-state index contributed by atoms with van der Waals surface area (Å²) < 4.78 is 18.1. The number of aliphatic hydroxyl groups excluding tert-OH is 1. The van der Waals surface area contributed by atoms with Crippen LogP contribution < -0.4 is 0 Å². The van der Waals surface area contributed by atoms with Gasteiger partial charge in [-0.2, -0.15) is 0 Å². The van der Waals surface area contributed by atoms with E-state index in [2.05, 4.69) is 34.6 Å². The van der Waals surface area contributed by atoms with Crippen LogP contribution in [0.4, 0.5) is 4.79 Å². The molecule has 7 aliphatic rings. The van der Waals surface area contributed by atoms with E-state index in [1.165, 1.54) is 32.1 Å². The number of cyclic esters (lactones) is 2. The summed E-state index contributed by atoms with van der Waals surface area (Å²) in [6, 6.07) is 0. The van der Waals surface area contributed by atoms with Crippen LogP contribution in [-0.4, -0.2) is 41.3 Å². The number of aliphatic hydroxyl groups is 1. The van der Waals surface area contributed by atoms with Gasteiger partial charge in [0.25, 0.3) is 0 Å². The second-order valence-electron chi connectivity index (χ2n) is 15.7. The second-order valence-corrected chi connectivity index (χ2v) is 15.7. The van der Waals surface area contributed by atoms with Gasteiger partial charge in [-0.05, 0) is 122 Å². The molecule has 5 nitrogen and oxygen atoms in total. The Balaban J connectivity index is 1.19. The predicted molar refractivity (Wildman–Crippen MR) is 136 cm³/mol. The van der Waals surface area contributed by atoms with Crippen molar-refractivity contribution in [3.8, 4) is 0 Å². The van der Waals surface area contributed by atoms with E-state index in [9.17, 15) is 9.90 Å². The molecule has 0 aromatic heterocycles. The third-order valence-corrected chi connectivity index (χ3v) is 14.2. The van der Waals surface area contributed by atoms with Gasteiger partial charge in [0, 0.05) is 0 Å². The molecule has 0 aromatic carbocycles. The minimum atomic E-state index is -0.639. The normalized spacial score (nSPS) is 59.9. The SMILES string of the molecule is CC1CC(C2OC(=O)OC2(C)C)OC2CC3C4CCC5C(C)(C)C(O)CCC56C(C)C46CCC3(C)C12. The lowest BCUT2D eigenvalue weighted by atomic mass is 9.46. The van der Waals surface area contributed by atoms with Crippen LogP contribution in [0.5, 0.6) is 0 Å². The molecule has 2 aliphatic heterocycles. The maximum Gasteiger partial charge on any atom is 0.509 e. The minimum Gasteiger partial charge on any atom is -0.424 e. The summed E-state index contributed by atoms with van der Waals surface area (Å²) in [6.45, 7) is 16.2. The van der Waals surface area contributed by atoms with Gasteiger partial charge in [-0.15, -0.1) is 0 Å². The monoisotopic (exact) mass is 500 g/mol. The number of ether oxygens (including phenoxy) is 3. The molecule has 13 unspecified atom stereocenters. The standard InChI is InChI=1S/C31H48O5/c1-16-14-21(25-28(5,6)36-26(33)35-25)34-20-15-19-18-8-9-22-27(3,4)23(32)10-11-31(22)17(2)30(18,31)13-12-29(19,7)24(16)20/h16-25,32H,8-15H2,1-7H3. The van der Waals surface area contributed by atoms with Crippen LogP contribution in [0.1, 0.15) is 99.8 Å². The first kappa shape index (κ1) is 24.2. The van der Waals surface area contributed by atoms with Crippen molar-refractivity contribution < 1.29 is 24.1 Å². The van der Waals surface area contributed by atoms with Gasteiger partial charge in [-0.25, -0.2) is 4.79 Å². The second kappa shape index (κ2) is 7.03. The van der Waals surface area contributed by atoms with Crippen LogP contribution in [0.3, 0.4) is 0 Å². The molecule has 13 atom stereocenters. The van der Waals surface area contributed by atoms with E-state index < -0.39 is 11.8 Å². The number of carbonyl (C=O) groups is 1. The van der Waals surface area contributed by atoms with Crippen molar-refractivity contribution in [2.45, 2.75) is 130 Å². The van der Waals surface area contributed by atoms with Gasteiger partial charge in [0.1, 0.15) is 5.60 Å². The van der Waals surface area contributed by atoms with Crippen molar-refractivity contribution in [2.75, 3.05) is 0 Å². The van der Waals surface area contributed by atoms with E-state index in [1.807, 2.05) is 13.8 Å². The minimum absolute atomic E-state index is 0.0316. The van der Waals surface area contributed by atoms with Gasteiger partial charge >= 0.3 is 6.16 Å². The molecular weight excluding hydrogens is 452 g/mol. The maximum atomic E-state index is 12.0. The van der Waals surface area contributed by atoms with Crippen LogP contribution in [0.25, 0.3) is 0 Å². The molecule has 202 valence electrons. The molecule has 36 heavy (non-hydrogen) atoms. The van der Waals surface area contributed by atoms with Gasteiger partial charge in [0.2, 0.25) is 0 Å². The van der Waals surface area contributed by atoms with E-state index in [0.29, 0.717) is 34.0 Å². The molecule has 2 spiro atoms. The van der Waals surface area contributed by atoms with Gasteiger partial charge in [0.15, 0.2) is 6.10 Å². The Morgan fingerprint density at radius 1 is 0.861 bits per heavy atom. The lowest BCUT2D eigenvalue weighted by molar-refractivity contribution is -0.165. The third-order valence-electron chi connectivity index (χ3n) is 14.2. The molecule has 0 amide bonds. The third kappa shape index (κ3) is 2.59.